The monoisotopic (exact) mass is 595 g/mol. The first-order valence-corrected chi connectivity index (χ1v) is 12.6. The summed E-state index contributed by atoms with van der Waals surface area (Å²) in [6.07, 6.45) is -2.99. The number of carboxylic acids is 1. The Morgan fingerprint density at radius 1 is 0.952 bits per heavy atom. The van der Waals surface area contributed by atoms with Crippen LogP contribution < -0.4 is 22.1 Å². The maximum atomic E-state index is 13.3. The Bertz CT molecular complexity index is 1190. The van der Waals surface area contributed by atoms with E-state index in [9.17, 15) is 42.7 Å². The predicted octanol–water partition coefficient (Wildman–Crippen LogP) is -1.05. The van der Waals surface area contributed by atoms with Crippen LogP contribution in [0.5, 0.6) is 0 Å². The molecule has 0 aliphatic heterocycles. The first-order chi connectivity index (χ1) is 19.6. The number of alkyl halides is 1. The molecule has 0 unspecified atom stereocenters. The second-order valence-corrected chi connectivity index (χ2v) is 9.52. The van der Waals surface area contributed by atoms with Gasteiger partial charge in [-0.2, -0.15) is 0 Å². The number of carbonyl (C=O) groups excluding carboxylic acids is 7. The van der Waals surface area contributed by atoms with E-state index in [4.69, 9.17) is 21.3 Å². The molecule has 42 heavy (non-hydrogen) atoms. The third-order valence-corrected chi connectivity index (χ3v) is 5.72. The molecule has 0 radical (unpaired) electrons. The highest BCUT2D eigenvalue weighted by Crippen LogP contribution is 2.17. The molecular formula is C26H34FN5O10. The Labute approximate surface area is 240 Å². The lowest BCUT2D eigenvalue weighted by Crippen LogP contribution is -2.61. The van der Waals surface area contributed by atoms with E-state index in [1.807, 2.05) is 5.32 Å². The van der Waals surface area contributed by atoms with Gasteiger partial charge in [0.15, 0.2) is 6.67 Å². The van der Waals surface area contributed by atoms with Crippen molar-refractivity contribution >= 4 is 47.3 Å². The Balaban J connectivity index is 3.24. The number of halogens is 1. The van der Waals surface area contributed by atoms with Crippen LogP contribution in [-0.2, 0) is 44.9 Å². The summed E-state index contributed by atoms with van der Waals surface area (Å²) in [4.78, 5) is 98.7. The van der Waals surface area contributed by atoms with Crippen LogP contribution in [0.25, 0.3) is 0 Å². The molecule has 15 nitrogen and oxygen atoms in total. The number of carboxylic acid groups (broad SMARTS) is 1. The summed E-state index contributed by atoms with van der Waals surface area (Å²) in [5.41, 5.74) is 11.5. The Morgan fingerprint density at radius 3 is 2.05 bits per heavy atom. The molecule has 0 heterocycles. The van der Waals surface area contributed by atoms with E-state index in [-0.39, 0.29) is 6.61 Å². The van der Waals surface area contributed by atoms with Gasteiger partial charge in [-0.1, -0.05) is 44.2 Å². The molecule has 16 heteroatoms. The second kappa shape index (κ2) is 16.5. The van der Waals surface area contributed by atoms with Crippen LogP contribution >= 0.6 is 0 Å². The van der Waals surface area contributed by atoms with Gasteiger partial charge in [0.2, 0.25) is 35.2 Å². The number of aliphatic carboxylic acids is 1. The van der Waals surface area contributed by atoms with Gasteiger partial charge in [0.25, 0.3) is 0 Å². The van der Waals surface area contributed by atoms with Crippen LogP contribution in [0.4, 0.5) is 9.18 Å². The fraction of sp³-hybridized carbons (Fsp3) is 0.462. The quantitative estimate of drug-likeness (QED) is 0.144. The summed E-state index contributed by atoms with van der Waals surface area (Å²) < 4.78 is 17.9. The van der Waals surface area contributed by atoms with Crippen molar-refractivity contribution in [3.05, 3.63) is 35.9 Å². The van der Waals surface area contributed by atoms with Gasteiger partial charge in [-0.3, -0.25) is 33.6 Å². The molecule has 1 aromatic rings. The van der Waals surface area contributed by atoms with Crippen LogP contribution in [0.1, 0.15) is 39.2 Å². The number of hydrogen-bond donors (Lipinski definition) is 5. The Hall–Kier alpha value is -4.73. The number of imide groups is 1. The largest absolute Gasteiger partial charge is 0.481 e. The minimum atomic E-state index is -1.92. The molecule has 0 bridgehead atoms. The van der Waals surface area contributed by atoms with Gasteiger partial charge < -0.3 is 31.9 Å². The highest BCUT2D eigenvalue weighted by molar-refractivity contribution is 6.40. The van der Waals surface area contributed by atoms with Crippen molar-refractivity contribution in [3.63, 3.8) is 0 Å². The Morgan fingerprint density at radius 2 is 1.55 bits per heavy atom. The van der Waals surface area contributed by atoms with Crippen LogP contribution in [0.3, 0.4) is 0 Å². The zero-order chi connectivity index (χ0) is 32.1. The topological polar surface area (TPSA) is 245 Å². The van der Waals surface area contributed by atoms with Gasteiger partial charge in [0.05, 0.1) is 18.9 Å². The number of amides is 5. The number of nitrogens with zero attached hydrogens (tertiary/aromatic N) is 1. The number of hydrogen-bond acceptors (Lipinski definition) is 10. The third-order valence-electron chi connectivity index (χ3n) is 5.72. The van der Waals surface area contributed by atoms with Crippen LogP contribution in [-0.4, -0.2) is 88.1 Å². The fourth-order valence-electron chi connectivity index (χ4n) is 3.64. The SMILES string of the molecule is CC(C)[C@@H](C(=O)N[C@@H](C)C(=O)N[C@@H](CC(=O)O)C(=O)C(=O)CF)N(C(=O)OCc1ccccc1)C(=O)[C@@H](N)CC(N)=O. The van der Waals surface area contributed by atoms with Gasteiger partial charge in [-0.15, -0.1) is 0 Å². The van der Waals surface area contributed by atoms with Crippen LogP contribution in [0, 0.1) is 5.92 Å². The summed E-state index contributed by atoms with van der Waals surface area (Å²) in [6.45, 7) is 2.04. The summed E-state index contributed by atoms with van der Waals surface area (Å²) in [5.74, 6) is -9.76. The minimum Gasteiger partial charge on any atom is -0.481 e. The molecule has 0 aliphatic rings. The maximum absolute atomic E-state index is 13.3. The molecule has 0 saturated carbocycles. The minimum absolute atomic E-state index is 0.295. The third kappa shape index (κ3) is 10.7. The van der Waals surface area contributed by atoms with Crippen molar-refractivity contribution in [2.45, 2.75) is 64.4 Å². The van der Waals surface area contributed by atoms with Crippen molar-refractivity contribution in [2.75, 3.05) is 6.67 Å². The number of Topliss-reactive ketones (excluding diaryl/α,β-unsaturated/α-hetero) is 2. The van der Waals surface area contributed by atoms with E-state index in [1.54, 1.807) is 30.3 Å². The number of primary amides is 1. The molecule has 7 N–H and O–H groups in total. The number of ketones is 2. The lowest BCUT2D eigenvalue weighted by atomic mass is 9.99. The van der Waals surface area contributed by atoms with E-state index < -0.39 is 96.9 Å². The lowest BCUT2D eigenvalue weighted by Gasteiger charge is -2.33. The average molecular weight is 596 g/mol. The van der Waals surface area contributed by atoms with Gasteiger partial charge in [0, 0.05) is 0 Å². The van der Waals surface area contributed by atoms with Crippen LogP contribution in [0.2, 0.25) is 0 Å². The molecule has 0 fully saturated rings. The van der Waals surface area contributed by atoms with E-state index in [1.165, 1.54) is 13.8 Å². The van der Waals surface area contributed by atoms with Crippen molar-refractivity contribution < 1.29 is 52.6 Å². The second-order valence-electron chi connectivity index (χ2n) is 9.52. The summed E-state index contributed by atoms with van der Waals surface area (Å²) in [5, 5.41) is 13.2. The van der Waals surface area contributed by atoms with Gasteiger partial charge in [-0.05, 0) is 18.4 Å². The molecule has 0 aromatic heterocycles. The standard InChI is InChI=1S/C26H34FN5O10/c1-13(2)21(24(39)30-14(3)23(38)31-17(10-20(35)36)22(37)18(33)11-27)32(25(40)16(28)9-19(29)34)26(41)42-12-15-7-5-4-6-8-15/h4-8,13-14,16-17,21H,9-12,28H2,1-3H3,(H2,29,34)(H,30,39)(H,31,38)(H,35,36)/t14-,16-,17-,21-/m0/s1. The molecule has 0 spiro atoms. The van der Waals surface area contributed by atoms with E-state index in [0.717, 1.165) is 6.92 Å². The molecule has 4 atom stereocenters. The maximum Gasteiger partial charge on any atom is 0.417 e. The molecule has 230 valence electrons. The lowest BCUT2D eigenvalue weighted by molar-refractivity contribution is -0.144. The number of nitrogens with two attached hydrogens (primary N) is 2. The number of carbonyl (C=O) groups is 8. The van der Waals surface area contributed by atoms with Crippen molar-refractivity contribution in [2.24, 2.45) is 17.4 Å². The first-order valence-electron chi connectivity index (χ1n) is 12.6. The predicted molar refractivity (Wildman–Crippen MR) is 142 cm³/mol. The highest BCUT2D eigenvalue weighted by atomic mass is 19.1. The summed E-state index contributed by atoms with van der Waals surface area (Å²) in [6, 6.07) is 1.64. The number of benzene rings is 1. The van der Waals surface area contributed by atoms with E-state index in [2.05, 4.69) is 5.32 Å². The Kier molecular flexibility index (Phi) is 13.9. The van der Waals surface area contributed by atoms with E-state index in [0.29, 0.717) is 10.5 Å². The summed E-state index contributed by atoms with van der Waals surface area (Å²) in [7, 11) is 0. The molecule has 1 aromatic carbocycles. The molecule has 0 aliphatic carbocycles. The summed E-state index contributed by atoms with van der Waals surface area (Å²) >= 11 is 0. The zero-order valence-electron chi connectivity index (χ0n) is 23.2. The number of nitrogens with one attached hydrogen (secondary N) is 2. The molecular weight excluding hydrogens is 561 g/mol. The van der Waals surface area contributed by atoms with Crippen molar-refractivity contribution in [1.82, 2.24) is 15.5 Å². The number of rotatable bonds is 16. The first kappa shape index (κ1) is 35.3. The average Bonchev–Trinajstić information content (AvgIpc) is 2.92. The van der Waals surface area contributed by atoms with Crippen LogP contribution in [0.15, 0.2) is 30.3 Å². The molecule has 1 rings (SSSR count). The molecule has 0 saturated heterocycles. The highest BCUT2D eigenvalue weighted by Gasteiger charge is 2.41. The zero-order valence-corrected chi connectivity index (χ0v) is 23.2. The van der Waals surface area contributed by atoms with E-state index >= 15 is 0 Å². The van der Waals surface area contributed by atoms with Gasteiger partial charge in [0.1, 0.15) is 24.7 Å². The fourth-order valence-corrected chi connectivity index (χ4v) is 3.64. The molecule has 5 amide bonds. The normalized spacial score (nSPS) is 13.6. The van der Waals surface area contributed by atoms with Gasteiger partial charge >= 0.3 is 12.1 Å². The number of ether oxygens (including phenoxy) is 1. The van der Waals surface area contributed by atoms with Crippen molar-refractivity contribution in [3.8, 4) is 0 Å². The smallest absolute Gasteiger partial charge is 0.417 e. The van der Waals surface area contributed by atoms with Crippen molar-refractivity contribution in [1.29, 1.82) is 0 Å². The van der Waals surface area contributed by atoms with Gasteiger partial charge in [-0.25, -0.2) is 14.1 Å².